The molecule has 1 aliphatic heterocycles. The number of nitrogens with one attached hydrogen (secondary N) is 1. The van der Waals surface area contributed by atoms with Crippen molar-refractivity contribution in [2.45, 2.75) is 39.2 Å². The maximum absolute atomic E-state index is 8.85. The lowest BCUT2D eigenvalue weighted by Crippen LogP contribution is -2.31. The molecule has 0 amide bonds. The topological polar surface area (TPSA) is 81.0 Å². The Morgan fingerprint density at radius 1 is 1.33 bits per heavy atom. The minimum atomic E-state index is 0.0679. The summed E-state index contributed by atoms with van der Waals surface area (Å²) < 4.78 is 0. The number of nitrogens with zero attached hydrogens (tertiary/aromatic N) is 6. The van der Waals surface area contributed by atoms with Crippen molar-refractivity contribution < 1.29 is 0 Å². The van der Waals surface area contributed by atoms with Gasteiger partial charge in [0, 0.05) is 32.7 Å². The Morgan fingerprint density at radius 2 is 2.05 bits per heavy atom. The molecule has 114 valence electrons. The van der Waals surface area contributed by atoms with Crippen molar-refractivity contribution in [3.8, 4) is 6.07 Å². The average Bonchev–Trinajstić information content (AvgIpc) is 3.01. The van der Waals surface area contributed by atoms with Crippen LogP contribution in [0.15, 0.2) is 0 Å². The van der Waals surface area contributed by atoms with E-state index in [4.69, 9.17) is 5.26 Å². The maximum Gasteiger partial charge on any atom is 0.231 e. The highest BCUT2D eigenvalue weighted by atomic mass is 15.4. The third-order valence-electron chi connectivity index (χ3n) is 3.70. The number of rotatable bonds is 6. The molecule has 1 N–H and O–H groups in total. The molecule has 7 nitrogen and oxygen atoms in total. The van der Waals surface area contributed by atoms with Gasteiger partial charge in [-0.25, -0.2) is 0 Å². The molecule has 0 aromatic carbocycles. The zero-order valence-corrected chi connectivity index (χ0v) is 13.0. The van der Waals surface area contributed by atoms with Gasteiger partial charge in [0.1, 0.15) is 0 Å². The van der Waals surface area contributed by atoms with E-state index in [-0.39, 0.29) is 6.04 Å². The lowest BCUT2D eigenvalue weighted by Gasteiger charge is -2.25. The molecule has 1 aliphatic rings. The minimum Gasteiger partial charge on any atom is -0.354 e. The molecule has 1 aromatic rings. The van der Waals surface area contributed by atoms with E-state index in [0.717, 1.165) is 25.6 Å². The van der Waals surface area contributed by atoms with Gasteiger partial charge in [0.2, 0.25) is 17.8 Å². The number of aromatic nitrogens is 3. The highest BCUT2D eigenvalue weighted by Gasteiger charge is 2.20. The van der Waals surface area contributed by atoms with E-state index in [1.54, 1.807) is 0 Å². The van der Waals surface area contributed by atoms with Gasteiger partial charge in [-0.2, -0.15) is 20.2 Å². The lowest BCUT2D eigenvalue weighted by molar-refractivity contribution is 0.679. The number of hydrogen-bond acceptors (Lipinski definition) is 7. The first kappa shape index (κ1) is 15.3. The maximum atomic E-state index is 8.85. The van der Waals surface area contributed by atoms with E-state index in [2.05, 4.69) is 31.2 Å². The molecule has 1 aromatic heterocycles. The Labute approximate surface area is 126 Å². The van der Waals surface area contributed by atoms with Gasteiger partial charge in [0.25, 0.3) is 0 Å². The SMILES string of the molecule is CCNc1nc(N2CCCC2)nc(N(C)C(C)CC#N)n1. The quantitative estimate of drug-likeness (QED) is 0.852. The smallest absolute Gasteiger partial charge is 0.231 e. The van der Waals surface area contributed by atoms with Crippen LogP contribution in [0.3, 0.4) is 0 Å². The summed E-state index contributed by atoms with van der Waals surface area (Å²) >= 11 is 0. The standard InChI is InChI=1S/C14H23N7/c1-4-16-12-17-13(20(3)11(2)7-8-15)19-14(18-12)21-9-5-6-10-21/h11H,4-7,9-10H2,1-3H3,(H,16,17,18,19). The Kier molecular flexibility index (Phi) is 5.14. The molecule has 0 bridgehead atoms. The third-order valence-corrected chi connectivity index (χ3v) is 3.70. The summed E-state index contributed by atoms with van der Waals surface area (Å²) in [6.07, 6.45) is 2.80. The molecule has 7 heteroatoms. The number of nitriles is 1. The Balaban J connectivity index is 2.28. The molecule has 0 aliphatic carbocycles. The Bertz CT molecular complexity index is 505. The second kappa shape index (κ2) is 7.07. The van der Waals surface area contributed by atoms with Gasteiger partial charge in [-0.1, -0.05) is 0 Å². The predicted molar refractivity (Wildman–Crippen MR) is 83.5 cm³/mol. The highest BCUT2D eigenvalue weighted by Crippen LogP contribution is 2.21. The zero-order valence-electron chi connectivity index (χ0n) is 13.0. The second-order valence-corrected chi connectivity index (χ2v) is 5.31. The van der Waals surface area contributed by atoms with Crippen LogP contribution in [0, 0.1) is 11.3 Å². The van der Waals surface area contributed by atoms with Crippen LogP contribution in [0.4, 0.5) is 17.8 Å². The number of hydrogen-bond donors (Lipinski definition) is 1. The van der Waals surface area contributed by atoms with Crippen molar-refractivity contribution in [3.63, 3.8) is 0 Å². The molecule has 1 saturated heterocycles. The molecule has 21 heavy (non-hydrogen) atoms. The Hall–Kier alpha value is -2.10. The molecule has 0 spiro atoms. The van der Waals surface area contributed by atoms with Crippen molar-refractivity contribution in [1.29, 1.82) is 5.26 Å². The van der Waals surface area contributed by atoms with Crippen molar-refractivity contribution in [1.82, 2.24) is 15.0 Å². The lowest BCUT2D eigenvalue weighted by atomic mass is 10.2. The van der Waals surface area contributed by atoms with E-state index in [1.165, 1.54) is 12.8 Å². The fraction of sp³-hybridized carbons (Fsp3) is 0.714. The summed E-state index contributed by atoms with van der Waals surface area (Å²) in [6, 6.07) is 2.26. The van der Waals surface area contributed by atoms with Crippen molar-refractivity contribution in [2.75, 3.05) is 41.8 Å². The second-order valence-electron chi connectivity index (χ2n) is 5.31. The molecule has 0 radical (unpaired) electrons. The largest absolute Gasteiger partial charge is 0.354 e. The zero-order chi connectivity index (χ0) is 15.2. The van der Waals surface area contributed by atoms with Crippen LogP contribution >= 0.6 is 0 Å². The van der Waals surface area contributed by atoms with Crippen molar-refractivity contribution in [3.05, 3.63) is 0 Å². The molecule has 2 heterocycles. The van der Waals surface area contributed by atoms with E-state index in [9.17, 15) is 0 Å². The molecule has 0 saturated carbocycles. The van der Waals surface area contributed by atoms with Crippen molar-refractivity contribution >= 4 is 17.8 Å². The van der Waals surface area contributed by atoms with Gasteiger partial charge in [-0.3, -0.25) is 0 Å². The monoisotopic (exact) mass is 289 g/mol. The van der Waals surface area contributed by atoms with E-state index < -0.39 is 0 Å². The van der Waals surface area contributed by atoms with E-state index in [1.807, 2.05) is 25.8 Å². The van der Waals surface area contributed by atoms with Crippen LogP contribution in [-0.2, 0) is 0 Å². The van der Waals surface area contributed by atoms with Crippen LogP contribution in [0.25, 0.3) is 0 Å². The molecule has 1 unspecified atom stereocenters. The van der Waals surface area contributed by atoms with E-state index in [0.29, 0.717) is 18.3 Å². The minimum absolute atomic E-state index is 0.0679. The first-order chi connectivity index (χ1) is 10.2. The summed E-state index contributed by atoms with van der Waals surface area (Å²) in [7, 11) is 1.92. The molecule has 1 atom stereocenters. The van der Waals surface area contributed by atoms with Gasteiger partial charge in [-0.15, -0.1) is 0 Å². The Morgan fingerprint density at radius 3 is 2.67 bits per heavy atom. The van der Waals surface area contributed by atoms with Gasteiger partial charge < -0.3 is 15.1 Å². The highest BCUT2D eigenvalue weighted by molar-refractivity contribution is 5.45. The normalized spacial score (nSPS) is 15.6. The van der Waals surface area contributed by atoms with Crippen LogP contribution in [0.1, 0.15) is 33.1 Å². The number of anilines is 3. The van der Waals surface area contributed by atoms with E-state index >= 15 is 0 Å². The first-order valence-corrected chi connectivity index (χ1v) is 7.50. The molecular formula is C14H23N7. The summed E-state index contributed by atoms with van der Waals surface area (Å²) in [4.78, 5) is 17.7. The van der Waals surface area contributed by atoms with Gasteiger partial charge >= 0.3 is 0 Å². The van der Waals surface area contributed by atoms with Gasteiger partial charge in [0.15, 0.2) is 0 Å². The molecule has 2 rings (SSSR count). The predicted octanol–water partition coefficient (Wildman–Crippen LogP) is 1.64. The van der Waals surface area contributed by atoms with Crippen LogP contribution < -0.4 is 15.1 Å². The van der Waals surface area contributed by atoms with Crippen molar-refractivity contribution in [2.24, 2.45) is 0 Å². The summed E-state index contributed by atoms with van der Waals surface area (Å²) in [5.74, 6) is 1.94. The van der Waals surface area contributed by atoms with Gasteiger partial charge in [0.05, 0.1) is 12.5 Å². The first-order valence-electron chi connectivity index (χ1n) is 7.50. The molecular weight excluding hydrogens is 266 g/mol. The summed E-state index contributed by atoms with van der Waals surface area (Å²) in [5.41, 5.74) is 0. The van der Waals surface area contributed by atoms with Crippen LogP contribution in [0.5, 0.6) is 0 Å². The van der Waals surface area contributed by atoms with Crippen LogP contribution in [0.2, 0.25) is 0 Å². The van der Waals surface area contributed by atoms with Gasteiger partial charge in [-0.05, 0) is 26.7 Å². The summed E-state index contributed by atoms with van der Waals surface area (Å²) in [5, 5.41) is 12.0. The molecule has 1 fully saturated rings. The fourth-order valence-corrected chi connectivity index (χ4v) is 2.27. The fourth-order valence-electron chi connectivity index (χ4n) is 2.27. The summed E-state index contributed by atoms with van der Waals surface area (Å²) in [6.45, 7) is 6.76. The van der Waals surface area contributed by atoms with Crippen LogP contribution in [-0.4, -0.2) is 47.7 Å². The average molecular weight is 289 g/mol. The third kappa shape index (κ3) is 3.72.